The summed E-state index contributed by atoms with van der Waals surface area (Å²) in [6.45, 7) is 3.80. The number of hydrogen-bond donors (Lipinski definition) is 1. The zero-order valence-corrected chi connectivity index (χ0v) is 17.8. The second-order valence-electron chi connectivity index (χ2n) is 8.73. The molecule has 0 aromatic heterocycles. The van der Waals surface area contributed by atoms with E-state index in [0.717, 1.165) is 17.0 Å². The van der Waals surface area contributed by atoms with E-state index in [9.17, 15) is 18.8 Å². The highest BCUT2D eigenvalue weighted by atomic mass is 35.5. The molecule has 0 bridgehead atoms. The highest BCUT2D eigenvalue weighted by Crippen LogP contribution is 2.50. The minimum Gasteiger partial charge on any atom is -0.296 e. The number of rotatable bonds is 2. The molecule has 158 valence electrons. The number of allylic oxidation sites excluding steroid dienone is 2. The van der Waals surface area contributed by atoms with Crippen molar-refractivity contribution >= 4 is 28.9 Å². The molecule has 1 heterocycles. The molecule has 0 saturated carbocycles. The van der Waals surface area contributed by atoms with Gasteiger partial charge in [-0.05, 0) is 41.7 Å². The summed E-state index contributed by atoms with van der Waals surface area (Å²) in [7, 11) is 0. The van der Waals surface area contributed by atoms with Crippen LogP contribution in [-0.2, 0) is 4.79 Å². The fourth-order valence-electron chi connectivity index (χ4n) is 4.62. The molecule has 2 unspecified atom stereocenters. The van der Waals surface area contributed by atoms with Crippen LogP contribution < -0.4 is 4.90 Å². The molecule has 1 N–H and O–H groups in total. The van der Waals surface area contributed by atoms with Crippen molar-refractivity contribution in [3.63, 3.8) is 0 Å². The molecular formula is C24H20ClF2N3O. The van der Waals surface area contributed by atoms with Gasteiger partial charge in [0, 0.05) is 28.6 Å². The minimum atomic E-state index is -1.11. The van der Waals surface area contributed by atoms with Crippen LogP contribution in [0.15, 0.2) is 53.7 Å². The summed E-state index contributed by atoms with van der Waals surface area (Å²) in [5.74, 6) is -4.01. The maximum absolute atomic E-state index is 14.8. The molecule has 2 aromatic carbocycles. The number of halogens is 3. The van der Waals surface area contributed by atoms with Gasteiger partial charge in [-0.2, -0.15) is 5.26 Å². The summed E-state index contributed by atoms with van der Waals surface area (Å²) in [6, 6.07) is 12.4. The predicted molar refractivity (Wildman–Crippen MR) is 115 cm³/mol. The van der Waals surface area contributed by atoms with Crippen LogP contribution in [0, 0.1) is 39.7 Å². The summed E-state index contributed by atoms with van der Waals surface area (Å²) >= 11 is 6.17. The highest BCUT2D eigenvalue weighted by molar-refractivity contribution is 6.30. The average Bonchev–Trinajstić information content (AvgIpc) is 2.68. The number of nitrogens with one attached hydrogen (secondary N) is 1. The lowest BCUT2D eigenvalue weighted by Crippen LogP contribution is -2.48. The number of nitriles is 1. The van der Waals surface area contributed by atoms with E-state index in [1.165, 1.54) is 6.07 Å². The van der Waals surface area contributed by atoms with E-state index in [1.54, 1.807) is 24.3 Å². The average molecular weight is 440 g/mol. The predicted octanol–water partition coefficient (Wildman–Crippen LogP) is 5.98. The topological polar surface area (TPSA) is 68.0 Å². The monoisotopic (exact) mass is 439 g/mol. The van der Waals surface area contributed by atoms with Gasteiger partial charge in [0.05, 0.1) is 6.07 Å². The molecular weight excluding hydrogens is 420 g/mol. The zero-order chi connectivity index (χ0) is 22.5. The largest absolute Gasteiger partial charge is 0.296 e. The molecule has 4 rings (SSSR count). The quantitative estimate of drug-likeness (QED) is 0.625. The molecule has 7 heteroatoms. The fraction of sp³-hybridized carbons (Fsp3) is 0.292. The number of Topliss-reactive ketones (excluding diaryl/α,β-unsaturated/α-hetero) is 1. The van der Waals surface area contributed by atoms with Gasteiger partial charge in [0.25, 0.3) is 0 Å². The van der Waals surface area contributed by atoms with Crippen LogP contribution in [0.3, 0.4) is 0 Å². The third-order valence-corrected chi connectivity index (χ3v) is 6.09. The van der Waals surface area contributed by atoms with E-state index in [1.807, 2.05) is 13.8 Å². The Morgan fingerprint density at radius 2 is 1.81 bits per heavy atom. The number of carbonyl (C=O) groups is 1. The van der Waals surface area contributed by atoms with E-state index < -0.39 is 34.6 Å². The van der Waals surface area contributed by atoms with Crippen molar-refractivity contribution in [2.45, 2.75) is 32.6 Å². The van der Waals surface area contributed by atoms with Gasteiger partial charge in [0.1, 0.15) is 29.1 Å². The molecule has 4 nitrogen and oxygen atoms in total. The lowest BCUT2D eigenvalue weighted by molar-refractivity contribution is -0.118. The normalized spacial score (nSPS) is 22.9. The number of anilines is 1. The van der Waals surface area contributed by atoms with Gasteiger partial charge >= 0.3 is 0 Å². The van der Waals surface area contributed by atoms with Crippen LogP contribution in [0.4, 0.5) is 14.5 Å². The molecule has 2 aromatic rings. The van der Waals surface area contributed by atoms with Crippen molar-refractivity contribution in [3.8, 4) is 6.07 Å². The van der Waals surface area contributed by atoms with E-state index in [4.69, 9.17) is 17.0 Å². The molecule has 0 spiro atoms. The summed E-state index contributed by atoms with van der Waals surface area (Å²) in [4.78, 5) is 14.5. The first-order valence-electron chi connectivity index (χ1n) is 9.88. The first-order valence-corrected chi connectivity index (χ1v) is 10.3. The van der Waals surface area contributed by atoms with E-state index in [-0.39, 0.29) is 18.0 Å². The fourth-order valence-corrected chi connectivity index (χ4v) is 4.81. The van der Waals surface area contributed by atoms with Crippen LogP contribution in [0.1, 0.15) is 38.2 Å². The van der Waals surface area contributed by atoms with Gasteiger partial charge in [-0.25, -0.2) is 8.78 Å². The van der Waals surface area contributed by atoms with Gasteiger partial charge in [0.2, 0.25) is 0 Å². The Kier molecular flexibility index (Phi) is 5.18. The van der Waals surface area contributed by atoms with Crippen molar-refractivity contribution in [2.75, 3.05) is 4.90 Å². The molecule has 1 aliphatic heterocycles. The molecule has 0 saturated heterocycles. The maximum atomic E-state index is 14.8. The van der Waals surface area contributed by atoms with Crippen LogP contribution in [0.25, 0.3) is 0 Å². The van der Waals surface area contributed by atoms with E-state index in [0.29, 0.717) is 28.3 Å². The number of carbonyl (C=O) groups excluding carboxylic acids is 1. The van der Waals surface area contributed by atoms with Crippen LogP contribution in [0.5, 0.6) is 0 Å². The standard InChI is InChI=1S/C24H20ClF2N3O/c1-24(2)10-18-21(19(31)11-24)20(13-5-3-6-14(25)9-13)15(12-28)23(29)30(18)22-16(26)7-4-8-17(22)27/h3-9,15,20,29H,10-11H2,1-2H3. The summed E-state index contributed by atoms with van der Waals surface area (Å²) in [5.41, 5.74) is 0.418. The smallest absolute Gasteiger partial charge is 0.161 e. The molecule has 2 aliphatic rings. The van der Waals surface area contributed by atoms with Crippen molar-refractivity contribution in [3.05, 3.63) is 76.0 Å². The second-order valence-corrected chi connectivity index (χ2v) is 9.17. The number of amidine groups is 1. The Balaban J connectivity index is 2.04. The summed E-state index contributed by atoms with van der Waals surface area (Å²) in [5, 5.41) is 19.2. The van der Waals surface area contributed by atoms with Crippen molar-refractivity contribution in [1.29, 1.82) is 10.7 Å². The Morgan fingerprint density at radius 3 is 2.42 bits per heavy atom. The van der Waals surface area contributed by atoms with E-state index in [2.05, 4.69) is 6.07 Å². The van der Waals surface area contributed by atoms with Crippen molar-refractivity contribution < 1.29 is 13.6 Å². The minimum absolute atomic E-state index is 0.189. The first-order chi connectivity index (χ1) is 14.6. The molecule has 0 radical (unpaired) electrons. The number of para-hydroxylation sites is 1. The SMILES string of the molecule is CC1(C)CC(=O)C2=C(C1)N(c1c(F)cccc1F)C(=N)C(C#N)C2c1cccc(Cl)c1. The molecule has 1 aliphatic carbocycles. The Labute approximate surface area is 184 Å². The van der Waals surface area contributed by atoms with E-state index >= 15 is 0 Å². The number of hydrogen-bond acceptors (Lipinski definition) is 3. The molecule has 0 fully saturated rings. The molecule has 31 heavy (non-hydrogen) atoms. The van der Waals surface area contributed by atoms with Gasteiger partial charge in [-0.1, -0.05) is 43.6 Å². The zero-order valence-electron chi connectivity index (χ0n) is 17.0. The molecule has 0 amide bonds. The Bertz CT molecular complexity index is 1160. The lowest BCUT2D eigenvalue weighted by Gasteiger charge is -2.45. The van der Waals surface area contributed by atoms with Gasteiger partial charge < -0.3 is 0 Å². The second kappa shape index (κ2) is 7.58. The van der Waals surface area contributed by atoms with Gasteiger partial charge in [-0.3, -0.25) is 15.1 Å². The Hall–Kier alpha value is -3.04. The first kappa shape index (κ1) is 21.2. The third kappa shape index (κ3) is 3.53. The number of benzene rings is 2. The maximum Gasteiger partial charge on any atom is 0.161 e. The van der Waals surface area contributed by atoms with Gasteiger partial charge in [-0.15, -0.1) is 0 Å². The molecule has 2 atom stereocenters. The highest BCUT2D eigenvalue weighted by Gasteiger charge is 2.49. The number of nitrogens with zero attached hydrogens (tertiary/aromatic N) is 2. The van der Waals surface area contributed by atoms with Crippen LogP contribution in [0.2, 0.25) is 5.02 Å². The van der Waals surface area contributed by atoms with Crippen molar-refractivity contribution in [2.24, 2.45) is 11.3 Å². The third-order valence-electron chi connectivity index (χ3n) is 5.85. The van der Waals surface area contributed by atoms with Crippen LogP contribution in [-0.4, -0.2) is 11.6 Å². The van der Waals surface area contributed by atoms with Crippen molar-refractivity contribution in [1.82, 2.24) is 0 Å². The summed E-state index contributed by atoms with van der Waals surface area (Å²) < 4.78 is 29.5. The van der Waals surface area contributed by atoms with Gasteiger partial charge in [0.15, 0.2) is 5.78 Å². The summed E-state index contributed by atoms with van der Waals surface area (Å²) in [6.07, 6.45) is 0.571. The van der Waals surface area contributed by atoms with Crippen LogP contribution >= 0.6 is 11.6 Å². The number of ketones is 1. The Morgan fingerprint density at radius 1 is 1.16 bits per heavy atom. The lowest BCUT2D eigenvalue weighted by atomic mass is 9.66.